The first kappa shape index (κ1) is 13.9. The van der Waals surface area contributed by atoms with E-state index in [1.54, 1.807) is 0 Å². The van der Waals surface area contributed by atoms with Gasteiger partial charge in [0.25, 0.3) is 0 Å². The van der Waals surface area contributed by atoms with Crippen LogP contribution in [0.2, 0.25) is 0 Å². The Balaban J connectivity index is 2.25. The average molecular weight is 228 g/mol. The molecular weight excluding hydrogens is 200 g/mol. The second-order valence-electron chi connectivity index (χ2n) is 5.19. The molecule has 1 aliphatic rings. The number of hydrogen-bond donors (Lipinski definition) is 2. The summed E-state index contributed by atoms with van der Waals surface area (Å²) in [5.74, 6) is 0. The third-order valence-corrected chi connectivity index (χ3v) is 3.70. The molecule has 96 valence electrons. The largest absolute Gasteiger partial charge is 0.396 e. The molecule has 0 aromatic rings. The summed E-state index contributed by atoms with van der Waals surface area (Å²) in [6.07, 6.45) is 4.51. The molecule has 3 heteroatoms. The number of aliphatic hydroxyl groups is 1. The molecule has 1 atom stereocenters. The van der Waals surface area contributed by atoms with Crippen LogP contribution >= 0.6 is 0 Å². The first-order valence-electron chi connectivity index (χ1n) is 6.78. The van der Waals surface area contributed by atoms with Crippen molar-refractivity contribution >= 4 is 0 Å². The zero-order chi connectivity index (χ0) is 12.0. The summed E-state index contributed by atoms with van der Waals surface area (Å²) in [6, 6.07) is 1.84. The molecule has 0 radical (unpaired) electrons. The van der Waals surface area contributed by atoms with Crippen molar-refractivity contribution in [2.24, 2.45) is 0 Å². The Morgan fingerprint density at radius 2 is 1.94 bits per heavy atom. The molecule has 1 unspecified atom stereocenters. The molecule has 16 heavy (non-hydrogen) atoms. The molecule has 2 N–H and O–H groups in total. The van der Waals surface area contributed by atoms with E-state index in [1.807, 2.05) is 0 Å². The molecule has 1 saturated heterocycles. The lowest BCUT2D eigenvalue weighted by Gasteiger charge is -2.36. The fourth-order valence-electron chi connectivity index (χ4n) is 2.48. The van der Waals surface area contributed by atoms with Crippen molar-refractivity contribution in [3.05, 3.63) is 0 Å². The third kappa shape index (κ3) is 4.40. The van der Waals surface area contributed by atoms with Crippen molar-refractivity contribution in [3.63, 3.8) is 0 Å². The van der Waals surface area contributed by atoms with Gasteiger partial charge in [-0.3, -0.25) is 0 Å². The van der Waals surface area contributed by atoms with Crippen molar-refractivity contribution in [3.8, 4) is 0 Å². The van der Waals surface area contributed by atoms with E-state index < -0.39 is 0 Å². The lowest BCUT2D eigenvalue weighted by Crippen LogP contribution is -2.47. The first-order chi connectivity index (χ1) is 7.67. The molecule has 0 spiro atoms. The lowest BCUT2D eigenvalue weighted by atomic mass is 10.0. The molecule has 0 aromatic heterocycles. The van der Waals surface area contributed by atoms with E-state index in [-0.39, 0.29) is 0 Å². The Morgan fingerprint density at radius 1 is 1.31 bits per heavy atom. The van der Waals surface area contributed by atoms with Crippen LogP contribution < -0.4 is 5.32 Å². The molecule has 0 aliphatic carbocycles. The zero-order valence-corrected chi connectivity index (χ0v) is 11.1. The number of piperidine rings is 1. The summed E-state index contributed by atoms with van der Waals surface area (Å²) in [7, 11) is 0. The number of nitrogens with one attached hydrogen (secondary N) is 1. The molecule has 0 amide bonds. The summed E-state index contributed by atoms with van der Waals surface area (Å²) >= 11 is 0. The molecule has 3 nitrogen and oxygen atoms in total. The fraction of sp³-hybridized carbons (Fsp3) is 1.00. The van der Waals surface area contributed by atoms with E-state index in [0.29, 0.717) is 24.7 Å². The van der Waals surface area contributed by atoms with Crippen molar-refractivity contribution in [1.29, 1.82) is 0 Å². The minimum Gasteiger partial charge on any atom is -0.396 e. The molecule has 1 heterocycles. The minimum atomic E-state index is 0.302. The van der Waals surface area contributed by atoms with E-state index in [2.05, 4.69) is 31.0 Å². The van der Waals surface area contributed by atoms with Crippen LogP contribution in [0.4, 0.5) is 0 Å². The van der Waals surface area contributed by atoms with Gasteiger partial charge in [-0.15, -0.1) is 0 Å². The molecule has 0 saturated carbocycles. The maximum Gasteiger partial charge on any atom is 0.0445 e. The van der Waals surface area contributed by atoms with Crippen LogP contribution in [0, 0.1) is 0 Å². The Labute approximate surface area is 100 Å². The average Bonchev–Trinajstić information content (AvgIpc) is 2.29. The zero-order valence-electron chi connectivity index (χ0n) is 11.1. The van der Waals surface area contributed by atoms with Crippen molar-refractivity contribution < 1.29 is 5.11 Å². The molecule has 1 fully saturated rings. The van der Waals surface area contributed by atoms with Crippen molar-refractivity contribution in [2.45, 2.75) is 64.6 Å². The first-order valence-corrected chi connectivity index (χ1v) is 6.78. The van der Waals surface area contributed by atoms with Gasteiger partial charge in [-0.1, -0.05) is 6.92 Å². The van der Waals surface area contributed by atoms with Gasteiger partial charge in [0.05, 0.1) is 0 Å². The highest BCUT2D eigenvalue weighted by Crippen LogP contribution is 2.14. The molecule has 0 aromatic carbocycles. The predicted octanol–water partition coefficient (Wildman–Crippen LogP) is 1.61. The molecule has 1 rings (SSSR count). The summed E-state index contributed by atoms with van der Waals surface area (Å²) in [4.78, 5) is 2.55. The number of likely N-dealkylation sites (tertiary alicyclic amines) is 1. The minimum absolute atomic E-state index is 0.302. The van der Waals surface area contributed by atoms with Gasteiger partial charge in [0.1, 0.15) is 0 Å². The van der Waals surface area contributed by atoms with Crippen LogP contribution in [0.5, 0.6) is 0 Å². The van der Waals surface area contributed by atoms with E-state index >= 15 is 0 Å². The smallest absolute Gasteiger partial charge is 0.0445 e. The van der Waals surface area contributed by atoms with Gasteiger partial charge in [-0.2, -0.15) is 0 Å². The maximum absolute atomic E-state index is 8.96. The Morgan fingerprint density at radius 3 is 2.38 bits per heavy atom. The van der Waals surface area contributed by atoms with Crippen LogP contribution in [0.25, 0.3) is 0 Å². The van der Waals surface area contributed by atoms with Crippen LogP contribution in [-0.2, 0) is 0 Å². The van der Waals surface area contributed by atoms with E-state index in [1.165, 1.54) is 25.9 Å². The molecule has 1 aliphatic heterocycles. The Bertz CT molecular complexity index is 177. The summed E-state index contributed by atoms with van der Waals surface area (Å²) < 4.78 is 0. The number of rotatable bonds is 6. The van der Waals surface area contributed by atoms with E-state index in [4.69, 9.17) is 5.11 Å². The monoisotopic (exact) mass is 228 g/mol. The topological polar surface area (TPSA) is 35.5 Å². The molecular formula is C13H28N2O. The standard InChI is InChI=1S/C13H28N2O/c1-4-12(7-10-16)14-13-5-8-15(9-6-13)11(2)3/h11-14,16H,4-10H2,1-3H3. The van der Waals surface area contributed by atoms with Crippen LogP contribution in [-0.4, -0.2) is 47.8 Å². The summed E-state index contributed by atoms with van der Waals surface area (Å²) in [5, 5.41) is 12.6. The van der Waals surface area contributed by atoms with Gasteiger partial charge in [-0.25, -0.2) is 0 Å². The Hall–Kier alpha value is -0.120. The van der Waals surface area contributed by atoms with Gasteiger partial charge < -0.3 is 15.3 Å². The summed E-state index contributed by atoms with van der Waals surface area (Å²) in [6.45, 7) is 9.46. The van der Waals surface area contributed by atoms with Gasteiger partial charge in [0.2, 0.25) is 0 Å². The highest BCUT2D eigenvalue weighted by molar-refractivity contribution is 4.81. The van der Waals surface area contributed by atoms with Gasteiger partial charge >= 0.3 is 0 Å². The number of nitrogens with zero attached hydrogens (tertiary/aromatic N) is 1. The third-order valence-electron chi connectivity index (χ3n) is 3.70. The second kappa shape index (κ2) is 7.25. The van der Waals surface area contributed by atoms with Gasteiger partial charge in [0.15, 0.2) is 0 Å². The van der Waals surface area contributed by atoms with Crippen LogP contribution in [0.1, 0.15) is 46.5 Å². The van der Waals surface area contributed by atoms with Crippen molar-refractivity contribution in [2.75, 3.05) is 19.7 Å². The highest BCUT2D eigenvalue weighted by Gasteiger charge is 2.22. The maximum atomic E-state index is 8.96. The number of aliphatic hydroxyl groups excluding tert-OH is 1. The lowest BCUT2D eigenvalue weighted by molar-refractivity contribution is 0.152. The Kier molecular flexibility index (Phi) is 6.32. The van der Waals surface area contributed by atoms with Crippen molar-refractivity contribution in [1.82, 2.24) is 10.2 Å². The number of hydrogen-bond acceptors (Lipinski definition) is 3. The molecule has 0 bridgehead atoms. The predicted molar refractivity (Wildman–Crippen MR) is 68.6 cm³/mol. The fourth-order valence-corrected chi connectivity index (χ4v) is 2.48. The SMILES string of the molecule is CCC(CCO)NC1CCN(C(C)C)CC1. The van der Waals surface area contributed by atoms with Gasteiger partial charge in [-0.05, 0) is 52.6 Å². The van der Waals surface area contributed by atoms with Gasteiger partial charge in [0, 0.05) is 24.7 Å². The summed E-state index contributed by atoms with van der Waals surface area (Å²) in [5.41, 5.74) is 0. The normalized spacial score (nSPS) is 21.6. The highest BCUT2D eigenvalue weighted by atomic mass is 16.3. The van der Waals surface area contributed by atoms with E-state index in [9.17, 15) is 0 Å². The quantitative estimate of drug-likeness (QED) is 0.725. The van der Waals surface area contributed by atoms with Crippen LogP contribution in [0.3, 0.4) is 0 Å². The van der Waals surface area contributed by atoms with E-state index in [0.717, 1.165) is 12.8 Å². The van der Waals surface area contributed by atoms with Crippen LogP contribution in [0.15, 0.2) is 0 Å². The second-order valence-corrected chi connectivity index (χ2v) is 5.19.